The molecule has 0 fully saturated rings. The minimum atomic E-state index is -3.36. The van der Waals surface area contributed by atoms with Gasteiger partial charge in [-0.3, -0.25) is 0 Å². The topological polar surface area (TPSA) is 34.1 Å². The SMILES string of the molecule is CCCCCCC1=C(Br)S(=O)(=O)C(c2cc(CCCCCC)cs2)=C1. The standard InChI is InChI=1S/C20H29BrO2S2/c1-3-5-7-9-11-16-13-18(24-15-16)19-14-17(12-10-8-6-4-2)20(21)25(19,22)23/h13-15H,3-12H2,1-2H3. The van der Waals surface area contributed by atoms with Crippen LogP contribution in [0.3, 0.4) is 0 Å². The normalized spacial score (nSPS) is 16.5. The molecule has 1 aromatic heterocycles. The Bertz CT molecular complexity index is 727. The van der Waals surface area contributed by atoms with Crippen LogP contribution in [0.2, 0.25) is 0 Å². The second kappa shape index (κ2) is 10.1. The molecular formula is C20H29BrO2S2. The third kappa shape index (κ3) is 5.54. The lowest BCUT2D eigenvalue weighted by atomic mass is 10.1. The smallest absolute Gasteiger partial charge is 0.214 e. The quantitative estimate of drug-likeness (QED) is 0.337. The van der Waals surface area contributed by atoms with Crippen LogP contribution in [0.15, 0.2) is 26.9 Å². The molecule has 0 saturated carbocycles. The molecule has 0 radical (unpaired) electrons. The van der Waals surface area contributed by atoms with Gasteiger partial charge in [-0.1, -0.05) is 52.4 Å². The van der Waals surface area contributed by atoms with E-state index in [-0.39, 0.29) is 0 Å². The zero-order valence-corrected chi connectivity index (χ0v) is 18.5. The number of halogens is 1. The predicted molar refractivity (Wildman–Crippen MR) is 114 cm³/mol. The van der Waals surface area contributed by atoms with E-state index >= 15 is 0 Å². The molecule has 0 N–H and O–H groups in total. The summed E-state index contributed by atoms with van der Waals surface area (Å²) in [6.07, 6.45) is 13.3. The molecule has 0 spiro atoms. The molecule has 0 atom stereocenters. The molecule has 25 heavy (non-hydrogen) atoms. The third-order valence-corrected chi connectivity index (χ3v) is 9.18. The lowest BCUT2D eigenvalue weighted by Crippen LogP contribution is -1.97. The number of aryl methyl sites for hydroxylation is 1. The van der Waals surface area contributed by atoms with Crippen molar-refractivity contribution < 1.29 is 8.42 Å². The number of hydrogen-bond acceptors (Lipinski definition) is 3. The van der Waals surface area contributed by atoms with Crippen molar-refractivity contribution in [3.63, 3.8) is 0 Å². The van der Waals surface area contributed by atoms with Gasteiger partial charge in [0.2, 0.25) is 9.84 Å². The van der Waals surface area contributed by atoms with Gasteiger partial charge in [-0.05, 0) is 70.3 Å². The molecule has 2 nitrogen and oxygen atoms in total. The maximum atomic E-state index is 12.7. The molecule has 0 aromatic carbocycles. The van der Waals surface area contributed by atoms with E-state index < -0.39 is 9.84 Å². The Hall–Kier alpha value is -0.390. The van der Waals surface area contributed by atoms with Crippen molar-refractivity contribution in [3.8, 4) is 0 Å². The predicted octanol–water partition coefficient (Wildman–Crippen LogP) is 7.22. The zero-order chi connectivity index (χ0) is 18.3. The monoisotopic (exact) mass is 444 g/mol. The van der Waals surface area contributed by atoms with Crippen LogP contribution in [0.25, 0.3) is 4.91 Å². The van der Waals surface area contributed by atoms with Gasteiger partial charge in [-0.25, -0.2) is 8.42 Å². The maximum Gasteiger partial charge on any atom is 0.214 e. The van der Waals surface area contributed by atoms with E-state index in [4.69, 9.17) is 0 Å². The highest BCUT2D eigenvalue weighted by Gasteiger charge is 2.32. The van der Waals surface area contributed by atoms with Crippen molar-refractivity contribution in [3.05, 3.63) is 37.4 Å². The van der Waals surface area contributed by atoms with Crippen LogP contribution in [-0.4, -0.2) is 8.42 Å². The molecule has 2 rings (SSSR count). The molecule has 0 saturated heterocycles. The van der Waals surface area contributed by atoms with Crippen LogP contribution in [-0.2, 0) is 16.3 Å². The van der Waals surface area contributed by atoms with E-state index in [9.17, 15) is 8.42 Å². The van der Waals surface area contributed by atoms with Crippen molar-refractivity contribution in [2.75, 3.05) is 0 Å². The highest BCUT2D eigenvalue weighted by atomic mass is 79.9. The third-order valence-electron chi connectivity index (χ3n) is 4.60. The molecule has 0 bridgehead atoms. The van der Waals surface area contributed by atoms with Crippen LogP contribution >= 0.6 is 27.3 Å². The lowest BCUT2D eigenvalue weighted by molar-refractivity contribution is 0.613. The molecule has 1 aromatic rings. The molecule has 140 valence electrons. The van der Waals surface area contributed by atoms with Gasteiger partial charge in [0.15, 0.2) is 0 Å². The summed E-state index contributed by atoms with van der Waals surface area (Å²) in [7, 11) is -3.36. The first kappa shape index (κ1) is 20.9. The molecular weight excluding hydrogens is 416 g/mol. The van der Waals surface area contributed by atoms with Gasteiger partial charge < -0.3 is 0 Å². The Morgan fingerprint density at radius 1 is 0.960 bits per heavy atom. The van der Waals surface area contributed by atoms with Gasteiger partial charge in [0.25, 0.3) is 0 Å². The van der Waals surface area contributed by atoms with Gasteiger partial charge in [-0.2, -0.15) is 0 Å². The highest BCUT2D eigenvalue weighted by Crippen LogP contribution is 2.43. The molecule has 0 unspecified atom stereocenters. The van der Waals surface area contributed by atoms with Gasteiger partial charge >= 0.3 is 0 Å². The number of thiophene rings is 1. The molecule has 5 heteroatoms. The number of unbranched alkanes of at least 4 members (excludes halogenated alkanes) is 6. The average molecular weight is 445 g/mol. The van der Waals surface area contributed by atoms with E-state index in [2.05, 4.69) is 41.2 Å². The Morgan fingerprint density at radius 2 is 1.60 bits per heavy atom. The fraction of sp³-hybridized carbons (Fsp3) is 0.600. The van der Waals surface area contributed by atoms with Crippen molar-refractivity contribution in [1.29, 1.82) is 0 Å². The molecule has 0 aliphatic carbocycles. The summed E-state index contributed by atoms with van der Waals surface area (Å²) in [4.78, 5) is 1.36. The molecule has 1 aliphatic rings. The number of allylic oxidation sites excluding steroid dienone is 2. The number of hydrogen-bond donors (Lipinski definition) is 0. The maximum absolute atomic E-state index is 12.7. The van der Waals surface area contributed by atoms with Crippen LogP contribution in [0, 0.1) is 0 Å². The zero-order valence-electron chi connectivity index (χ0n) is 15.3. The average Bonchev–Trinajstić information content (AvgIpc) is 3.13. The molecule has 2 heterocycles. The molecule has 1 aliphatic heterocycles. The number of sulfone groups is 1. The summed E-state index contributed by atoms with van der Waals surface area (Å²) < 4.78 is 25.8. The minimum Gasteiger partial charge on any atom is -0.218 e. The van der Waals surface area contributed by atoms with E-state index in [1.54, 1.807) is 11.3 Å². The van der Waals surface area contributed by atoms with Crippen LogP contribution in [0.4, 0.5) is 0 Å². The largest absolute Gasteiger partial charge is 0.218 e. The van der Waals surface area contributed by atoms with Crippen LogP contribution in [0.1, 0.15) is 82.1 Å². The Balaban J connectivity index is 2.05. The second-order valence-corrected chi connectivity index (χ2v) is 10.8. The Morgan fingerprint density at radius 3 is 2.24 bits per heavy atom. The summed E-state index contributed by atoms with van der Waals surface area (Å²) in [6.45, 7) is 4.40. The van der Waals surface area contributed by atoms with Crippen molar-refractivity contribution in [2.24, 2.45) is 0 Å². The summed E-state index contributed by atoms with van der Waals surface area (Å²) in [5, 5.41) is 2.12. The lowest BCUT2D eigenvalue weighted by Gasteiger charge is -2.01. The van der Waals surface area contributed by atoms with Gasteiger partial charge in [-0.15, -0.1) is 11.3 Å². The first-order valence-electron chi connectivity index (χ1n) is 9.44. The first-order chi connectivity index (χ1) is 12.0. The molecule has 0 amide bonds. The Kier molecular flexibility index (Phi) is 8.43. The minimum absolute atomic E-state index is 0.379. The Labute approximate surface area is 165 Å². The fourth-order valence-electron chi connectivity index (χ4n) is 3.07. The van der Waals surface area contributed by atoms with Crippen molar-refractivity contribution in [1.82, 2.24) is 0 Å². The van der Waals surface area contributed by atoms with Crippen molar-refractivity contribution >= 4 is 42.0 Å². The van der Waals surface area contributed by atoms with E-state index in [1.165, 1.54) is 44.1 Å². The summed E-state index contributed by atoms with van der Waals surface area (Å²) in [6, 6.07) is 2.07. The van der Waals surface area contributed by atoms with Gasteiger partial charge in [0, 0.05) is 4.88 Å². The van der Waals surface area contributed by atoms with Gasteiger partial charge in [0.1, 0.15) is 3.81 Å². The summed E-state index contributed by atoms with van der Waals surface area (Å²) in [5.74, 6) is 0. The fourth-order valence-corrected chi connectivity index (χ4v) is 6.56. The van der Waals surface area contributed by atoms with Crippen LogP contribution < -0.4 is 0 Å². The second-order valence-electron chi connectivity index (χ2n) is 6.75. The van der Waals surface area contributed by atoms with E-state index in [1.807, 2.05) is 6.08 Å². The summed E-state index contributed by atoms with van der Waals surface area (Å²) in [5.41, 5.74) is 2.20. The summed E-state index contributed by atoms with van der Waals surface area (Å²) >= 11 is 4.90. The van der Waals surface area contributed by atoms with E-state index in [0.29, 0.717) is 8.72 Å². The van der Waals surface area contributed by atoms with E-state index in [0.717, 1.165) is 36.1 Å². The first-order valence-corrected chi connectivity index (χ1v) is 12.6. The van der Waals surface area contributed by atoms with Crippen LogP contribution in [0.5, 0.6) is 0 Å². The number of rotatable bonds is 11. The van der Waals surface area contributed by atoms with Gasteiger partial charge in [0.05, 0.1) is 4.91 Å². The van der Waals surface area contributed by atoms with Crippen molar-refractivity contribution in [2.45, 2.75) is 78.1 Å². The highest BCUT2D eigenvalue weighted by molar-refractivity contribution is 9.13.